The summed E-state index contributed by atoms with van der Waals surface area (Å²) in [7, 11) is 1.60. The Kier molecular flexibility index (Phi) is 4.82. The predicted octanol–water partition coefficient (Wildman–Crippen LogP) is 3.85. The number of benzene rings is 2. The molecule has 2 aromatic carbocycles. The third kappa shape index (κ3) is 3.41. The summed E-state index contributed by atoms with van der Waals surface area (Å²) < 4.78 is 24.3. The Morgan fingerprint density at radius 2 is 1.90 bits per heavy atom. The molecule has 0 unspecified atom stereocenters. The first-order valence-electron chi connectivity index (χ1n) is 6.52. The third-order valence-electron chi connectivity index (χ3n) is 2.90. The molecule has 0 aromatic heterocycles. The summed E-state index contributed by atoms with van der Waals surface area (Å²) in [5.41, 5.74) is 1.48. The van der Waals surface area contributed by atoms with E-state index >= 15 is 0 Å². The molecule has 0 fully saturated rings. The fourth-order valence-corrected chi connectivity index (χ4v) is 1.89. The van der Waals surface area contributed by atoms with Gasteiger partial charge < -0.3 is 14.8 Å². The van der Waals surface area contributed by atoms with Gasteiger partial charge >= 0.3 is 0 Å². The first-order valence-corrected chi connectivity index (χ1v) is 6.52. The van der Waals surface area contributed by atoms with Crippen LogP contribution >= 0.6 is 0 Å². The van der Waals surface area contributed by atoms with E-state index in [1.807, 2.05) is 31.2 Å². The van der Waals surface area contributed by atoms with Gasteiger partial charge in [0.1, 0.15) is 5.82 Å². The maximum Gasteiger partial charge on any atom is 0.163 e. The minimum atomic E-state index is -0.210. The van der Waals surface area contributed by atoms with Crippen LogP contribution in [-0.4, -0.2) is 13.7 Å². The molecular formula is C16H18FNO2. The molecule has 0 aliphatic heterocycles. The van der Waals surface area contributed by atoms with Crippen molar-refractivity contribution in [3.63, 3.8) is 0 Å². The lowest BCUT2D eigenvalue weighted by molar-refractivity contribution is 0.311. The van der Waals surface area contributed by atoms with Crippen molar-refractivity contribution in [1.29, 1.82) is 0 Å². The van der Waals surface area contributed by atoms with Crippen LogP contribution in [-0.2, 0) is 6.54 Å². The summed E-state index contributed by atoms with van der Waals surface area (Å²) in [6.07, 6.45) is 0. The summed E-state index contributed by atoms with van der Waals surface area (Å²) in [5, 5.41) is 3.18. The van der Waals surface area contributed by atoms with Gasteiger partial charge in [0.2, 0.25) is 0 Å². The van der Waals surface area contributed by atoms with E-state index in [0.717, 1.165) is 5.69 Å². The smallest absolute Gasteiger partial charge is 0.163 e. The molecule has 0 aliphatic carbocycles. The van der Waals surface area contributed by atoms with E-state index in [0.29, 0.717) is 30.2 Å². The van der Waals surface area contributed by atoms with E-state index in [9.17, 15) is 4.39 Å². The molecule has 0 heterocycles. The van der Waals surface area contributed by atoms with Crippen molar-refractivity contribution in [3.05, 3.63) is 53.8 Å². The zero-order valence-electron chi connectivity index (χ0n) is 11.7. The van der Waals surface area contributed by atoms with Crippen molar-refractivity contribution < 1.29 is 13.9 Å². The van der Waals surface area contributed by atoms with Crippen LogP contribution in [0.1, 0.15) is 12.5 Å². The van der Waals surface area contributed by atoms with Gasteiger partial charge in [0.25, 0.3) is 0 Å². The van der Waals surface area contributed by atoms with Gasteiger partial charge in [-0.15, -0.1) is 0 Å². The molecule has 0 spiro atoms. The van der Waals surface area contributed by atoms with E-state index in [-0.39, 0.29) is 5.82 Å². The number of methoxy groups -OCH3 is 1. The van der Waals surface area contributed by atoms with Crippen molar-refractivity contribution >= 4 is 5.69 Å². The van der Waals surface area contributed by atoms with Crippen LogP contribution in [0.4, 0.5) is 10.1 Å². The standard InChI is InChI=1S/C16H18FNO2/c1-3-20-16-10-13(8-9-15(16)19-2)18-11-12-6-4-5-7-14(12)17/h4-10,18H,3,11H2,1-2H3. The lowest BCUT2D eigenvalue weighted by Gasteiger charge is -2.12. The molecule has 0 bridgehead atoms. The van der Waals surface area contributed by atoms with Crippen molar-refractivity contribution in [2.45, 2.75) is 13.5 Å². The molecule has 2 aromatic rings. The highest BCUT2D eigenvalue weighted by Gasteiger charge is 2.06. The van der Waals surface area contributed by atoms with Crippen LogP contribution in [0.3, 0.4) is 0 Å². The first kappa shape index (κ1) is 14.2. The SMILES string of the molecule is CCOc1cc(NCc2ccccc2F)ccc1OC. The van der Waals surface area contributed by atoms with Gasteiger partial charge in [-0.1, -0.05) is 18.2 Å². The molecule has 4 heteroatoms. The summed E-state index contributed by atoms with van der Waals surface area (Å²) in [5.74, 6) is 1.15. The zero-order chi connectivity index (χ0) is 14.4. The highest BCUT2D eigenvalue weighted by Crippen LogP contribution is 2.30. The fourth-order valence-electron chi connectivity index (χ4n) is 1.89. The Balaban J connectivity index is 2.10. The van der Waals surface area contributed by atoms with Gasteiger partial charge in [0.05, 0.1) is 13.7 Å². The van der Waals surface area contributed by atoms with E-state index in [1.54, 1.807) is 19.2 Å². The molecule has 0 saturated carbocycles. The lowest BCUT2D eigenvalue weighted by Crippen LogP contribution is -2.02. The lowest BCUT2D eigenvalue weighted by atomic mass is 10.2. The topological polar surface area (TPSA) is 30.5 Å². The average molecular weight is 275 g/mol. The summed E-state index contributed by atoms with van der Waals surface area (Å²) in [6, 6.07) is 12.3. The molecule has 0 atom stereocenters. The third-order valence-corrected chi connectivity index (χ3v) is 2.90. The van der Waals surface area contributed by atoms with Gasteiger partial charge in [0, 0.05) is 23.9 Å². The number of nitrogens with one attached hydrogen (secondary N) is 1. The van der Waals surface area contributed by atoms with E-state index < -0.39 is 0 Å². The minimum Gasteiger partial charge on any atom is -0.493 e. The second-order valence-corrected chi connectivity index (χ2v) is 4.24. The molecule has 2 rings (SSSR count). The van der Waals surface area contributed by atoms with Crippen LogP contribution in [0.2, 0.25) is 0 Å². The molecule has 3 nitrogen and oxygen atoms in total. The number of halogens is 1. The molecule has 1 N–H and O–H groups in total. The van der Waals surface area contributed by atoms with E-state index in [2.05, 4.69) is 5.32 Å². The fraction of sp³-hybridized carbons (Fsp3) is 0.250. The quantitative estimate of drug-likeness (QED) is 0.868. The Morgan fingerprint density at radius 3 is 2.60 bits per heavy atom. The molecule has 0 radical (unpaired) electrons. The van der Waals surface area contributed by atoms with Crippen LogP contribution in [0.25, 0.3) is 0 Å². The van der Waals surface area contributed by atoms with Crippen molar-refractivity contribution in [2.24, 2.45) is 0 Å². The Labute approximate surface area is 118 Å². The minimum absolute atomic E-state index is 0.210. The number of hydrogen-bond acceptors (Lipinski definition) is 3. The highest BCUT2D eigenvalue weighted by atomic mass is 19.1. The molecule has 20 heavy (non-hydrogen) atoms. The van der Waals surface area contributed by atoms with Gasteiger partial charge in [-0.2, -0.15) is 0 Å². The van der Waals surface area contributed by atoms with Crippen molar-refractivity contribution in [2.75, 3.05) is 19.0 Å². The Bertz CT molecular complexity index is 572. The van der Waals surface area contributed by atoms with Crippen LogP contribution < -0.4 is 14.8 Å². The average Bonchev–Trinajstić information content (AvgIpc) is 2.47. The van der Waals surface area contributed by atoms with Crippen molar-refractivity contribution in [1.82, 2.24) is 0 Å². The largest absolute Gasteiger partial charge is 0.493 e. The van der Waals surface area contributed by atoms with Crippen LogP contribution in [0, 0.1) is 5.82 Å². The molecule has 0 amide bonds. The number of hydrogen-bond donors (Lipinski definition) is 1. The molecule has 106 valence electrons. The van der Waals surface area contributed by atoms with E-state index in [4.69, 9.17) is 9.47 Å². The van der Waals surface area contributed by atoms with Gasteiger partial charge in [0.15, 0.2) is 11.5 Å². The van der Waals surface area contributed by atoms with Gasteiger partial charge in [-0.05, 0) is 25.1 Å². The normalized spacial score (nSPS) is 10.2. The van der Waals surface area contributed by atoms with Gasteiger partial charge in [-0.25, -0.2) is 4.39 Å². The summed E-state index contributed by atoms with van der Waals surface area (Å²) in [4.78, 5) is 0. The van der Waals surface area contributed by atoms with E-state index in [1.165, 1.54) is 6.07 Å². The number of anilines is 1. The molecule has 0 aliphatic rings. The number of ether oxygens (including phenoxy) is 2. The van der Waals surface area contributed by atoms with Crippen LogP contribution in [0.5, 0.6) is 11.5 Å². The summed E-state index contributed by atoms with van der Waals surface area (Å²) >= 11 is 0. The summed E-state index contributed by atoms with van der Waals surface area (Å²) in [6.45, 7) is 2.90. The first-order chi connectivity index (χ1) is 9.74. The zero-order valence-corrected chi connectivity index (χ0v) is 11.7. The monoisotopic (exact) mass is 275 g/mol. The molecular weight excluding hydrogens is 257 g/mol. The second kappa shape index (κ2) is 6.80. The number of rotatable bonds is 6. The highest BCUT2D eigenvalue weighted by molar-refractivity contribution is 5.55. The Morgan fingerprint density at radius 1 is 1.10 bits per heavy atom. The molecule has 0 saturated heterocycles. The maximum absolute atomic E-state index is 13.5. The predicted molar refractivity (Wildman–Crippen MR) is 77.9 cm³/mol. The van der Waals surface area contributed by atoms with Crippen LogP contribution in [0.15, 0.2) is 42.5 Å². The second-order valence-electron chi connectivity index (χ2n) is 4.24. The van der Waals surface area contributed by atoms with Gasteiger partial charge in [-0.3, -0.25) is 0 Å². The van der Waals surface area contributed by atoms with Crippen molar-refractivity contribution in [3.8, 4) is 11.5 Å². The maximum atomic E-state index is 13.5. The Hall–Kier alpha value is -2.23.